The largest absolute Gasteiger partial charge is 0.463 e. The second kappa shape index (κ2) is 10.6. The van der Waals surface area contributed by atoms with Crippen LogP contribution in [-0.2, 0) is 47.6 Å². The lowest BCUT2D eigenvalue weighted by Gasteiger charge is -2.43. The van der Waals surface area contributed by atoms with Gasteiger partial charge in [0.2, 0.25) is 0 Å². The van der Waals surface area contributed by atoms with Crippen LogP contribution in [0.3, 0.4) is 0 Å². The van der Waals surface area contributed by atoms with Gasteiger partial charge in [-0.1, -0.05) is 6.08 Å². The van der Waals surface area contributed by atoms with Gasteiger partial charge >= 0.3 is 23.9 Å². The molecule has 1 aliphatic rings. The first-order valence-corrected chi connectivity index (χ1v) is 8.18. The summed E-state index contributed by atoms with van der Waals surface area (Å²) in [6.45, 7) is 7.90. The molecule has 1 rings (SSSR count). The number of ether oxygens (including phenoxy) is 6. The summed E-state index contributed by atoms with van der Waals surface area (Å²) in [6, 6.07) is 0. The third kappa shape index (κ3) is 7.35. The van der Waals surface area contributed by atoms with Gasteiger partial charge in [-0.2, -0.15) is 0 Å². The molecule has 0 saturated carbocycles. The monoisotopic (exact) mass is 388 g/mol. The summed E-state index contributed by atoms with van der Waals surface area (Å²) < 4.78 is 31.7. The topological polar surface area (TPSA) is 124 Å². The van der Waals surface area contributed by atoms with Crippen LogP contribution in [-0.4, -0.2) is 67.8 Å². The maximum Gasteiger partial charge on any atom is 0.303 e. The number of carbonyl (C=O) groups excluding carboxylic acids is 4. The lowest BCUT2D eigenvalue weighted by atomic mass is 9.98. The average molecular weight is 388 g/mol. The van der Waals surface area contributed by atoms with E-state index in [1.54, 1.807) is 0 Å². The van der Waals surface area contributed by atoms with Crippen LogP contribution in [0.5, 0.6) is 0 Å². The van der Waals surface area contributed by atoms with E-state index in [0.717, 1.165) is 20.8 Å². The van der Waals surface area contributed by atoms with Crippen LogP contribution in [0.1, 0.15) is 27.7 Å². The molecule has 0 radical (unpaired) electrons. The highest BCUT2D eigenvalue weighted by Gasteiger charge is 2.52. The molecule has 1 heterocycles. The van der Waals surface area contributed by atoms with Crippen molar-refractivity contribution < 1.29 is 47.6 Å². The third-order valence-electron chi connectivity index (χ3n) is 3.33. The van der Waals surface area contributed by atoms with Crippen LogP contribution in [0, 0.1) is 0 Å². The lowest BCUT2D eigenvalue weighted by Crippen LogP contribution is -2.62. The standard InChI is InChI=1S/C17H24O10/c1-6-7-22-17-16(26-12(5)21)15(25-11(4)20)14(24-10(3)19)13(27-17)8-23-9(2)18/h6,13-17H,1,7-8H2,2-5H3/t13-,14+,15+,16-,17?/m1/s1. The van der Waals surface area contributed by atoms with Crippen LogP contribution in [0.2, 0.25) is 0 Å². The number of rotatable bonds is 8. The average Bonchev–Trinajstić information content (AvgIpc) is 2.54. The quantitative estimate of drug-likeness (QED) is 0.325. The van der Waals surface area contributed by atoms with E-state index in [4.69, 9.17) is 28.4 Å². The van der Waals surface area contributed by atoms with Crippen molar-refractivity contribution in [1.29, 1.82) is 0 Å². The number of carbonyl (C=O) groups is 4. The predicted molar refractivity (Wildman–Crippen MR) is 88.1 cm³/mol. The summed E-state index contributed by atoms with van der Waals surface area (Å²) in [4.78, 5) is 45.8. The molecule has 1 fully saturated rings. The maximum absolute atomic E-state index is 11.6. The molecule has 1 aliphatic heterocycles. The first-order chi connectivity index (χ1) is 12.6. The molecule has 0 N–H and O–H groups in total. The van der Waals surface area contributed by atoms with Crippen LogP contribution < -0.4 is 0 Å². The Bertz CT molecular complexity index is 572. The van der Waals surface area contributed by atoms with E-state index in [1.165, 1.54) is 13.0 Å². The first kappa shape index (κ1) is 22.6. The molecule has 0 aromatic rings. The minimum atomic E-state index is -1.24. The third-order valence-corrected chi connectivity index (χ3v) is 3.33. The number of hydrogen-bond donors (Lipinski definition) is 0. The van der Waals surface area contributed by atoms with Crippen molar-refractivity contribution in [3.63, 3.8) is 0 Å². The van der Waals surface area contributed by atoms with Crippen molar-refractivity contribution in [1.82, 2.24) is 0 Å². The Labute approximate surface area is 156 Å². The second-order valence-corrected chi connectivity index (χ2v) is 5.69. The Hall–Kier alpha value is -2.46. The molecule has 27 heavy (non-hydrogen) atoms. The van der Waals surface area contributed by atoms with Gasteiger partial charge in [0, 0.05) is 27.7 Å². The molecule has 1 saturated heterocycles. The fourth-order valence-corrected chi connectivity index (χ4v) is 2.49. The molecule has 152 valence electrons. The minimum Gasteiger partial charge on any atom is -0.463 e. The summed E-state index contributed by atoms with van der Waals surface area (Å²) in [7, 11) is 0. The van der Waals surface area contributed by atoms with Crippen LogP contribution in [0.15, 0.2) is 12.7 Å². The number of esters is 4. The molecule has 0 aromatic carbocycles. The van der Waals surface area contributed by atoms with Crippen molar-refractivity contribution in [3.05, 3.63) is 12.7 Å². The summed E-state index contributed by atoms with van der Waals surface area (Å²) in [5.41, 5.74) is 0. The SMILES string of the molecule is C=CCOC1O[C@H](COC(C)=O)[C@H](OC(C)=O)[C@H](OC(C)=O)[C@H]1OC(C)=O. The highest BCUT2D eigenvalue weighted by Crippen LogP contribution is 2.29. The van der Waals surface area contributed by atoms with Crippen molar-refractivity contribution in [2.24, 2.45) is 0 Å². The van der Waals surface area contributed by atoms with Gasteiger partial charge in [0.1, 0.15) is 12.7 Å². The maximum atomic E-state index is 11.6. The van der Waals surface area contributed by atoms with Crippen molar-refractivity contribution >= 4 is 23.9 Å². The Kier molecular flexibility index (Phi) is 8.89. The molecule has 10 nitrogen and oxygen atoms in total. The Morgan fingerprint density at radius 3 is 1.85 bits per heavy atom. The zero-order chi connectivity index (χ0) is 20.6. The van der Waals surface area contributed by atoms with Crippen LogP contribution in [0.4, 0.5) is 0 Å². The van der Waals surface area contributed by atoms with Crippen LogP contribution >= 0.6 is 0 Å². The minimum absolute atomic E-state index is 0.0355. The molecule has 5 atom stereocenters. The van der Waals surface area contributed by atoms with Gasteiger partial charge in [-0.15, -0.1) is 6.58 Å². The van der Waals surface area contributed by atoms with Gasteiger partial charge in [-0.3, -0.25) is 19.2 Å². The Morgan fingerprint density at radius 2 is 1.37 bits per heavy atom. The molecular weight excluding hydrogens is 364 g/mol. The summed E-state index contributed by atoms with van der Waals surface area (Å²) in [5.74, 6) is -2.67. The Balaban J connectivity index is 3.24. The number of hydrogen-bond acceptors (Lipinski definition) is 10. The van der Waals surface area contributed by atoms with Gasteiger partial charge in [0.15, 0.2) is 24.6 Å². The summed E-state index contributed by atoms with van der Waals surface area (Å²) in [5, 5.41) is 0. The lowest BCUT2D eigenvalue weighted by molar-refractivity contribution is -0.305. The molecular formula is C17H24O10. The van der Waals surface area contributed by atoms with E-state index in [1.807, 2.05) is 0 Å². The smallest absolute Gasteiger partial charge is 0.303 e. The van der Waals surface area contributed by atoms with E-state index in [2.05, 4.69) is 6.58 Å². The normalized spacial score (nSPS) is 27.2. The zero-order valence-electron chi connectivity index (χ0n) is 15.7. The highest BCUT2D eigenvalue weighted by atomic mass is 16.7. The van der Waals surface area contributed by atoms with E-state index in [0.29, 0.717) is 0 Å². The van der Waals surface area contributed by atoms with Crippen molar-refractivity contribution in [3.8, 4) is 0 Å². The summed E-state index contributed by atoms with van der Waals surface area (Å²) in [6.07, 6.45) is -4.41. The fraction of sp³-hybridized carbons (Fsp3) is 0.647. The van der Waals surface area contributed by atoms with E-state index < -0.39 is 54.6 Å². The zero-order valence-corrected chi connectivity index (χ0v) is 15.7. The van der Waals surface area contributed by atoms with E-state index in [-0.39, 0.29) is 13.2 Å². The van der Waals surface area contributed by atoms with Gasteiger partial charge in [-0.05, 0) is 0 Å². The van der Waals surface area contributed by atoms with E-state index in [9.17, 15) is 19.2 Å². The second-order valence-electron chi connectivity index (χ2n) is 5.69. The highest BCUT2D eigenvalue weighted by molar-refractivity contribution is 5.68. The van der Waals surface area contributed by atoms with Crippen LogP contribution in [0.25, 0.3) is 0 Å². The van der Waals surface area contributed by atoms with E-state index >= 15 is 0 Å². The molecule has 0 amide bonds. The molecule has 0 aromatic heterocycles. The van der Waals surface area contributed by atoms with Crippen molar-refractivity contribution in [2.45, 2.75) is 58.4 Å². The van der Waals surface area contributed by atoms with Gasteiger partial charge < -0.3 is 28.4 Å². The van der Waals surface area contributed by atoms with Gasteiger partial charge in [0.05, 0.1) is 6.61 Å². The fourth-order valence-electron chi connectivity index (χ4n) is 2.49. The first-order valence-electron chi connectivity index (χ1n) is 8.18. The molecule has 0 bridgehead atoms. The molecule has 0 aliphatic carbocycles. The molecule has 1 unspecified atom stereocenters. The van der Waals surface area contributed by atoms with Gasteiger partial charge in [-0.25, -0.2) is 0 Å². The summed E-state index contributed by atoms with van der Waals surface area (Å²) >= 11 is 0. The molecule has 0 spiro atoms. The Morgan fingerprint density at radius 1 is 0.852 bits per heavy atom. The van der Waals surface area contributed by atoms with Gasteiger partial charge in [0.25, 0.3) is 0 Å². The van der Waals surface area contributed by atoms with Crippen molar-refractivity contribution in [2.75, 3.05) is 13.2 Å². The predicted octanol–water partition coefficient (Wildman–Crippen LogP) is 0.272. The molecule has 10 heteroatoms.